The van der Waals surface area contributed by atoms with Crippen molar-refractivity contribution in [1.82, 2.24) is 5.32 Å². The number of hydrogen-bond acceptors (Lipinski definition) is 5. The summed E-state index contributed by atoms with van der Waals surface area (Å²) in [6.07, 6.45) is 0.922. The van der Waals surface area contributed by atoms with Crippen LogP contribution in [0.5, 0.6) is 5.75 Å². The Morgan fingerprint density at radius 2 is 2.03 bits per heavy atom. The van der Waals surface area contributed by atoms with Crippen molar-refractivity contribution in [2.75, 3.05) is 11.9 Å². The molecule has 0 fully saturated rings. The van der Waals surface area contributed by atoms with Gasteiger partial charge in [0.05, 0.1) is 16.0 Å². The number of thiocarbonyl (C=S) groups is 1. The van der Waals surface area contributed by atoms with Crippen LogP contribution in [-0.2, 0) is 0 Å². The van der Waals surface area contributed by atoms with Gasteiger partial charge in [0.15, 0.2) is 5.11 Å². The fourth-order valence-corrected chi connectivity index (χ4v) is 3.12. The molecule has 0 radical (unpaired) electrons. The number of carbonyl (C=O) groups excluding carboxylic acids is 1. The van der Waals surface area contributed by atoms with E-state index in [0.717, 1.165) is 6.42 Å². The summed E-state index contributed by atoms with van der Waals surface area (Å²) in [6.45, 7) is 4.80. The van der Waals surface area contributed by atoms with Gasteiger partial charge < -0.3 is 10.1 Å². The van der Waals surface area contributed by atoms with Crippen molar-refractivity contribution in [3.05, 3.63) is 61.6 Å². The van der Waals surface area contributed by atoms with Crippen LogP contribution in [0.1, 0.15) is 30.6 Å². The van der Waals surface area contributed by atoms with E-state index in [2.05, 4.69) is 40.4 Å². The van der Waals surface area contributed by atoms with Crippen LogP contribution in [0.15, 0.2) is 40.9 Å². The van der Waals surface area contributed by atoms with Crippen LogP contribution in [0.25, 0.3) is 0 Å². The number of halogens is 2. The lowest BCUT2D eigenvalue weighted by atomic mass is 10.1. The summed E-state index contributed by atoms with van der Waals surface area (Å²) < 4.78 is 6.34. The SMILES string of the molecule is CC(C)CCOc1ccc(C(=O)NC(=S)Nc2ccc(Cl)cc2[N+](=O)[O-])cc1Br. The molecule has 0 aliphatic carbocycles. The standard InChI is InChI=1S/C19H19BrClN3O4S/c1-11(2)7-8-28-17-6-3-12(9-14(17)20)18(25)23-19(29)22-15-5-4-13(21)10-16(15)24(26)27/h3-6,9-11H,7-8H2,1-2H3,(H2,22,23,25,29). The van der Waals surface area contributed by atoms with E-state index in [1.807, 2.05) is 0 Å². The fourth-order valence-electron chi connectivity index (χ4n) is 2.25. The zero-order valence-corrected chi connectivity index (χ0v) is 18.9. The Labute approximate surface area is 187 Å². The summed E-state index contributed by atoms with van der Waals surface area (Å²) in [6, 6.07) is 9.02. The van der Waals surface area contributed by atoms with E-state index in [1.165, 1.54) is 18.2 Å². The second-order valence-electron chi connectivity index (χ2n) is 6.50. The molecule has 0 bridgehead atoms. The Kier molecular flexibility index (Phi) is 8.36. The molecule has 1 amide bonds. The lowest BCUT2D eigenvalue weighted by molar-refractivity contribution is -0.383. The highest BCUT2D eigenvalue weighted by atomic mass is 79.9. The van der Waals surface area contributed by atoms with Crippen LogP contribution in [0.2, 0.25) is 5.02 Å². The summed E-state index contributed by atoms with van der Waals surface area (Å²) in [5.74, 6) is 0.706. The summed E-state index contributed by atoms with van der Waals surface area (Å²) in [5.41, 5.74) is 0.224. The molecule has 0 aliphatic rings. The van der Waals surface area contributed by atoms with Crippen molar-refractivity contribution in [3.8, 4) is 5.75 Å². The molecular weight excluding hydrogens is 482 g/mol. The van der Waals surface area contributed by atoms with Crippen LogP contribution in [0, 0.1) is 16.0 Å². The highest BCUT2D eigenvalue weighted by molar-refractivity contribution is 9.10. The monoisotopic (exact) mass is 499 g/mol. The number of nitrogens with zero attached hydrogens (tertiary/aromatic N) is 1. The van der Waals surface area contributed by atoms with E-state index in [0.29, 0.717) is 28.3 Å². The quantitative estimate of drug-likeness (QED) is 0.294. The second kappa shape index (κ2) is 10.5. The molecule has 0 saturated heterocycles. The van der Waals surface area contributed by atoms with E-state index < -0.39 is 10.8 Å². The number of nitrogens with one attached hydrogen (secondary N) is 2. The van der Waals surface area contributed by atoms with E-state index >= 15 is 0 Å². The number of nitro benzene ring substituents is 1. The molecule has 2 aromatic rings. The van der Waals surface area contributed by atoms with Crippen molar-refractivity contribution in [2.24, 2.45) is 5.92 Å². The van der Waals surface area contributed by atoms with Gasteiger partial charge in [-0.05, 0) is 70.8 Å². The third-order valence-electron chi connectivity index (χ3n) is 3.78. The van der Waals surface area contributed by atoms with Gasteiger partial charge in [-0.25, -0.2) is 0 Å². The average molecular weight is 501 g/mol. The van der Waals surface area contributed by atoms with Crippen molar-refractivity contribution in [2.45, 2.75) is 20.3 Å². The van der Waals surface area contributed by atoms with Crippen molar-refractivity contribution >= 4 is 62.1 Å². The smallest absolute Gasteiger partial charge is 0.294 e. The normalized spacial score (nSPS) is 10.5. The molecule has 154 valence electrons. The number of benzene rings is 2. The lowest BCUT2D eigenvalue weighted by Gasteiger charge is -2.12. The highest BCUT2D eigenvalue weighted by Crippen LogP contribution is 2.28. The topological polar surface area (TPSA) is 93.5 Å². The van der Waals surface area contributed by atoms with E-state index in [9.17, 15) is 14.9 Å². The number of hydrogen-bond donors (Lipinski definition) is 2. The summed E-state index contributed by atoms with van der Waals surface area (Å²) in [7, 11) is 0. The molecule has 0 heterocycles. The predicted octanol–water partition coefficient (Wildman–Crippen LogP) is 5.56. The number of amides is 1. The van der Waals surface area contributed by atoms with Gasteiger partial charge in [0, 0.05) is 16.7 Å². The Balaban J connectivity index is 2.02. The minimum Gasteiger partial charge on any atom is -0.492 e. The van der Waals surface area contributed by atoms with Gasteiger partial charge in [0.2, 0.25) is 0 Å². The van der Waals surface area contributed by atoms with Crippen LogP contribution < -0.4 is 15.4 Å². The highest BCUT2D eigenvalue weighted by Gasteiger charge is 2.17. The zero-order chi connectivity index (χ0) is 21.6. The average Bonchev–Trinajstić information content (AvgIpc) is 2.63. The molecule has 0 unspecified atom stereocenters. The molecule has 10 heteroatoms. The van der Waals surface area contributed by atoms with Crippen molar-refractivity contribution in [3.63, 3.8) is 0 Å². The summed E-state index contributed by atoms with van der Waals surface area (Å²) in [4.78, 5) is 23.0. The van der Waals surface area contributed by atoms with Crippen molar-refractivity contribution < 1.29 is 14.5 Å². The minimum absolute atomic E-state index is 0.0752. The Hall–Kier alpha value is -2.23. The Morgan fingerprint density at radius 3 is 2.66 bits per heavy atom. The van der Waals surface area contributed by atoms with Crippen molar-refractivity contribution in [1.29, 1.82) is 0 Å². The fraction of sp³-hybridized carbons (Fsp3) is 0.263. The number of anilines is 1. The van der Waals surface area contributed by atoms with Crippen LogP contribution in [0.3, 0.4) is 0 Å². The number of carbonyl (C=O) groups is 1. The number of ether oxygens (including phenoxy) is 1. The van der Waals surface area contributed by atoms with Crippen LogP contribution in [0.4, 0.5) is 11.4 Å². The third kappa shape index (κ3) is 6.95. The maximum atomic E-state index is 12.4. The Morgan fingerprint density at radius 1 is 1.31 bits per heavy atom. The van der Waals surface area contributed by atoms with Gasteiger partial charge in [-0.1, -0.05) is 25.4 Å². The number of rotatable bonds is 7. The number of nitro groups is 1. The van der Waals surface area contributed by atoms with E-state index in [4.69, 9.17) is 28.6 Å². The van der Waals surface area contributed by atoms with Crippen LogP contribution in [-0.4, -0.2) is 22.5 Å². The van der Waals surface area contributed by atoms with Crippen LogP contribution >= 0.6 is 39.7 Å². The largest absolute Gasteiger partial charge is 0.492 e. The first-order valence-electron chi connectivity index (χ1n) is 8.66. The molecule has 2 N–H and O–H groups in total. The maximum absolute atomic E-state index is 12.4. The molecule has 0 aliphatic heterocycles. The van der Waals surface area contributed by atoms with Gasteiger partial charge in [-0.2, -0.15) is 0 Å². The summed E-state index contributed by atoms with van der Waals surface area (Å²) in [5, 5.41) is 16.4. The zero-order valence-electron chi connectivity index (χ0n) is 15.7. The molecule has 2 aromatic carbocycles. The summed E-state index contributed by atoms with van der Waals surface area (Å²) >= 11 is 14.3. The molecule has 7 nitrogen and oxygen atoms in total. The molecule has 0 spiro atoms. The van der Waals surface area contributed by atoms with Gasteiger partial charge in [-0.3, -0.25) is 20.2 Å². The maximum Gasteiger partial charge on any atom is 0.294 e. The molecule has 29 heavy (non-hydrogen) atoms. The molecule has 0 atom stereocenters. The van der Waals surface area contributed by atoms with Gasteiger partial charge in [0.1, 0.15) is 11.4 Å². The Bertz CT molecular complexity index is 940. The third-order valence-corrected chi connectivity index (χ3v) is 4.84. The molecule has 0 saturated carbocycles. The van der Waals surface area contributed by atoms with Gasteiger partial charge in [0.25, 0.3) is 11.6 Å². The van der Waals surface area contributed by atoms with E-state index in [1.54, 1.807) is 18.2 Å². The predicted molar refractivity (Wildman–Crippen MR) is 121 cm³/mol. The van der Waals surface area contributed by atoms with Gasteiger partial charge in [-0.15, -0.1) is 0 Å². The molecule has 0 aromatic heterocycles. The first-order chi connectivity index (χ1) is 13.7. The second-order valence-corrected chi connectivity index (χ2v) is 8.20. The first kappa shape index (κ1) is 23.1. The van der Waals surface area contributed by atoms with Gasteiger partial charge >= 0.3 is 0 Å². The first-order valence-corrected chi connectivity index (χ1v) is 10.2. The molecular formula is C19H19BrClN3O4S. The minimum atomic E-state index is -0.590. The molecule has 2 rings (SSSR count). The van der Waals surface area contributed by atoms with E-state index in [-0.39, 0.29) is 21.5 Å². The lowest BCUT2D eigenvalue weighted by Crippen LogP contribution is -2.34.